The lowest BCUT2D eigenvalue weighted by Gasteiger charge is -2.22. The number of guanidine groups is 1. The van der Waals surface area contributed by atoms with Crippen molar-refractivity contribution in [3.05, 3.63) is 29.8 Å². The number of likely N-dealkylation sites (N-methyl/N-ethyl adjacent to an activating group) is 1. The zero-order chi connectivity index (χ0) is 17.4. The van der Waals surface area contributed by atoms with Crippen LogP contribution >= 0.6 is 0 Å². The van der Waals surface area contributed by atoms with E-state index in [2.05, 4.69) is 10.3 Å². The second kappa shape index (κ2) is 9.42. The monoisotopic (exact) mass is 341 g/mol. The number of ether oxygens (including phenoxy) is 2. The molecule has 0 bridgehead atoms. The summed E-state index contributed by atoms with van der Waals surface area (Å²) in [7, 11) is 3.63. The molecule has 0 heterocycles. The van der Waals surface area contributed by atoms with Gasteiger partial charge >= 0.3 is 0 Å². The van der Waals surface area contributed by atoms with Gasteiger partial charge in [0.1, 0.15) is 12.4 Å². The Morgan fingerprint density at radius 2 is 2.12 bits per heavy atom. The van der Waals surface area contributed by atoms with Gasteiger partial charge in [-0.05, 0) is 30.9 Å². The summed E-state index contributed by atoms with van der Waals surface area (Å²) in [4.78, 5) is 6.15. The van der Waals surface area contributed by atoms with Crippen molar-refractivity contribution in [1.29, 1.82) is 0 Å². The molecule has 1 saturated carbocycles. The van der Waals surface area contributed by atoms with Gasteiger partial charge in [-0.15, -0.1) is 0 Å². The molecule has 0 spiro atoms. The molecule has 0 atom stereocenters. The molecule has 0 radical (unpaired) electrons. The van der Waals surface area contributed by atoms with Crippen LogP contribution in [0.1, 0.15) is 12.8 Å². The molecule has 134 valence electrons. The van der Waals surface area contributed by atoms with Crippen LogP contribution < -0.4 is 10.1 Å². The van der Waals surface area contributed by atoms with E-state index >= 15 is 0 Å². The molecular weight excluding hydrogens is 316 g/mol. The number of nitrogens with one attached hydrogen (secondary N) is 1. The van der Waals surface area contributed by atoms with E-state index in [1.165, 1.54) is 25.0 Å². The van der Waals surface area contributed by atoms with Crippen LogP contribution in [-0.2, 0) is 4.74 Å². The fourth-order valence-electron chi connectivity index (χ4n) is 2.14. The highest BCUT2D eigenvalue weighted by Gasteiger charge is 2.21. The SMILES string of the molecule is CN=C(NCCOc1ccc(F)cc1F)N(C)CCOCC1CC1. The van der Waals surface area contributed by atoms with Crippen LogP contribution in [0, 0.1) is 17.6 Å². The first-order chi connectivity index (χ1) is 11.6. The molecule has 2 rings (SSSR count). The zero-order valence-electron chi connectivity index (χ0n) is 14.2. The molecule has 1 aliphatic rings. The van der Waals surface area contributed by atoms with E-state index in [4.69, 9.17) is 9.47 Å². The Morgan fingerprint density at radius 1 is 1.33 bits per heavy atom. The Balaban J connectivity index is 1.62. The van der Waals surface area contributed by atoms with Gasteiger partial charge < -0.3 is 19.7 Å². The first-order valence-electron chi connectivity index (χ1n) is 8.17. The van der Waals surface area contributed by atoms with E-state index < -0.39 is 11.6 Å². The summed E-state index contributed by atoms with van der Waals surface area (Å²) in [5.41, 5.74) is 0. The minimum atomic E-state index is -0.704. The van der Waals surface area contributed by atoms with Crippen molar-refractivity contribution >= 4 is 5.96 Å². The summed E-state index contributed by atoms with van der Waals surface area (Å²) in [6.45, 7) is 2.94. The van der Waals surface area contributed by atoms with Gasteiger partial charge in [0.15, 0.2) is 17.5 Å². The lowest BCUT2D eigenvalue weighted by Crippen LogP contribution is -2.42. The maximum atomic E-state index is 13.4. The van der Waals surface area contributed by atoms with Crippen LogP contribution in [0.2, 0.25) is 0 Å². The zero-order valence-corrected chi connectivity index (χ0v) is 14.2. The lowest BCUT2D eigenvalue weighted by atomic mass is 10.3. The minimum absolute atomic E-state index is 0.0371. The fourth-order valence-corrected chi connectivity index (χ4v) is 2.14. The molecule has 1 aliphatic carbocycles. The van der Waals surface area contributed by atoms with Crippen LogP contribution in [0.15, 0.2) is 23.2 Å². The summed E-state index contributed by atoms with van der Waals surface area (Å²) < 4.78 is 37.1. The molecule has 0 aromatic heterocycles. The molecule has 1 aromatic carbocycles. The molecule has 24 heavy (non-hydrogen) atoms. The van der Waals surface area contributed by atoms with E-state index in [9.17, 15) is 8.78 Å². The third kappa shape index (κ3) is 6.31. The number of benzene rings is 1. The van der Waals surface area contributed by atoms with Gasteiger partial charge in [-0.2, -0.15) is 0 Å². The third-order valence-corrected chi connectivity index (χ3v) is 3.73. The summed E-state index contributed by atoms with van der Waals surface area (Å²) in [5.74, 6) is 0.188. The topological polar surface area (TPSA) is 46.1 Å². The predicted molar refractivity (Wildman–Crippen MR) is 89.4 cm³/mol. The number of aliphatic imine (C=N–C) groups is 1. The maximum Gasteiger partial charge on any atom is 0.193 e. The Kier molecular flexibility index (Phi) is 7.24. The predicted octanol–water partition coefficient (Wildman–Crippen LogP) is 2.28. The quantitative estimate of drug-likeness (QED) is 0.425. The van der Waals surface area contributed by atoms with Gasteiger partial charge in [0.25, 0.3) is 0 Å². The first kappa shape index (κ1) is 18.4. The Morgan fingerprint density at radius 3 is 2.79 bits per heavy atom. The lowest BCUT2D eigenvalue weighted by molar-refractivity contribution is 0.115. The van der Waals surface area contributed by atoms with Crippen LogP contribution in [-0.4, -0.2) is 57.9 Å². The second-order valence-corrected chi connectivity index (χ2v) is 5.84. The maximum absolute atomic E-state index is 13.4. The number of nitrogens with zero attached hydrogens (tertiary/aromatic N) is 2. The fraction of sp³-hybridized carbons (Fsp3) is 0.588. The molecular formula is C17H25F2N3O2. The largest absolute Gasteiger partial charge is 0.489 e. The molecule has 0 saturated heterocycles. The van der Waals surface area contributed by atoms with Crippen LogP contribution in [0.5, 0.6) is 5.75 Å². The molecule has 5 nitrogen and oxygen atoms in total. The number of hydrogen-bond donors (Lipinski definition) is 1. The first-order valence-corrected chi connectivity index (χ1v) is 8.17. The van der Waals surface area contributed by atoms with Crippen LogP contribution in [0.4, 0.5) is 8.78 Å². The summed E-state index contributed by atoms with van der Waals surface area (Å²) in [6.07, 6.45) is 2.57. The van der Waals surface area contributed by atoms with Gasteiger partial charge in [0.05, 0.1) is 13.2 Å². The molecule has 1 aromatic rings. The number of hydrogen-bond acceptors (Lipinski definition) is 3. The molecule has 1 N–H and O–H groups in total. The van der Waals surface area contributed by atoms with Gasteiger partial charge in [-0.1, -0.05) is 0 Å². The highest BCUT2D eigenvalue weighted by atomic mass is 19.1. The standard InChI is InChI=1S/C17H25F2N3O2/c1-20-17(22(2)8-10-23-12-13-3-4-13)21-7-9-24-16-6-5-14(18)11-15(16)19/h5-6,11,13H,3-4,7-10,12H2,1-2H3,(H,20,21). The molecule has 0 unspecified atom stereocenters. The van der Waals surface area contributed by atoms with Gasteiger partial charge in [0.2, 0.25) is 0 Å². The summed E-state index contributed by atoms with van der Waals surface area (Å²) in [6, 6.07) is 3.25. The average molecular weight is 341 g/mol. The average Bonchev–Trinajstić information content (AvgIpc) is 3.37. The summed E-state index contributed by atoms with van der Waals surface area (Å²) >= 11 is 0. The van der Waals surface area contributed by atoms with Crippen LogP contribution in [0.3, 0.4) is 0 Å². The number of halogens is 2. The minimum Gasteiger partial charge on any atom is -0.489 e. The van der Waals surface area contributed by atoms with Gasteiger partial charge in [-0.25, -0.2) is 8.78 Å². The molecule has 0 aliphatic heterocycles. The van der Waals surface area contributed by atoms with Gasteiger partial charge in [0, 0.05) is 33.3 Å². The summed E-state index contributed by atoms with van der Waals surface area (Å²) in [5, 5.41) is 3.13. The highest BCUT2D eigenvalue weighted by molar-refractivity contribution is 5.79. The van der Waals surface area contributed by atoms with Gasteiger partial charge in [-0.3, -0.25) is 4.99 Å². The van der Waals surface area contributed by atoms with Crippen molar-refractivity contribution in [3.63, 3.8) is 0 Å². The van der Waals surface area contributed by atoms with Crippen molar-refractivity contribution < 1.29 is 18.3 Å². The van der Waals surface area contributed by atoms with Crippen molar-refractivity contribution in [3.8, 4) is 5.75 Å². The third-order valence-electron chi connectivity index (χ3n) is 3.73. The Bertz CT molecular complexity index is 551. The molecule has 1 fully saturated rings. The smallest absolute Gasteiger partial charge is 0.193 e. The van der Waals surface area contributed by atoms with Crippen molar-refractivity contribution in [2.24, 2.45) is 10.9 Å². The Hall–Kier alpha value is -1.89. The second-order valence-electron chi connectivity index (χ2n) is 5.84. The van der Waals surface area contributed by atoms with Crippen LogP contribution in [0.25, 0.3) is 0 Å². The molecule has 0 amide bonds. The number of rotatable bonds is 9. The highest BCUT2D eigenvalue weighted by Crippen LogP contribution is 2.28. The van der Waals surface area contributed by atoms with E-state index in [0.717, 1.165) is 25.1 Å². The van der Waals surface area contributed by atoms with Crippen molar-refractivity contribution in [2.45, 2.75) is 12.8 Å². The van der Waals surface area contributed by atoms with E-state index in [1.807, 2.05) is 11.9 Å². The van der Waals surface area contributed by atoms with E-state index in [0.29, 0.717) is 19.1 Å². The van der Waals surface area contributed by atoms with E-state index in [1.54, 1.807) is 7.05 Å². The normalized spacial score (nSPS) is 14.6. The van der Waals surface area contributed by atoms with E-state index in [-0.39, 0.29) is 12.4 Å². The van der Waals surface area contributed by atoms with Crippen molar-refractivity contribution in [2.75, 3.05) is 47.0 Å². The Labute approximate surface area is 141 Å². The van der Waals surface area contributed by atoms with Crippen molar-refractivity contribution in [1.82, 2.24) is 10.2 Å². The molecule has 7 heteroatoms.